The fourth-order valence-corrected chi connectivity index (χ4v) is 3.93. The van der Waals surface area contributed by atoms with Gasteiger partial charge in [-0.15, -0.1) is 0 Å². The van der Waals surface area contributed by atoms with Gasteiger partial charge in [0.15, 0.2) is 0 Å². The minimum Gasteiger partial charge on any atom is -0.491 e. The first-order valence-corrected chi connectivity index (χ1v) is 10.1. The molecule has 0 saturated carbocycles. The van der Waals surface area contributed by atoms with E-state index in [1.54, 1.807) is 13.4 Å². The largest absolute Gasteiger partial charge is 0.491 e. The Bertz CT molecular complexity index is 985. The third kappa shape index (κ3) is 3.66. The molecule has 30 heavy (non-hydrogen) atoms. The molecule has 0 bridgehead atoms. The number of furan rings is 1. The summed E-state index contributed by atoms with van der Waals surface area (Å²) in [6, 6.07) is 19.2. The number of benzene rings is 2. The molecule has 0 fully saturated rings. The van der Waals surface area contributed by atoms with Gasteiger partial charge in [0.05, 0.1) is 25.0 Å². The van der Waals surface area contributed by atoms with Gasteiger partial charge < -0.3 is 24.1 Å². The van der Waals surface area contributed by atoms with Crippen LogP contribution < -0.4 is 10.1 Å². The van der Waals surface area contributed by atoms with E-state index >= 15 is 0 Å². The second kappa shape index (κ2) is 8.63. The summed E-state index contributed by atoms with van der Waals surface area (Å²) in [5, 5.41) is 3.64. The van der Waals surface area contributed by atoms with Crippen molar-refractivity contribution in [3.63, 3.8) is 0 Å². The minimum absolute atomic E-state index is 0.0250. The average molecular weight is 406 g/mol. The van der Waals surface area contributed by atoms with Gasteiger partial charge in [-0.05, 0) is 48.4 Å². The van der Waals surface area contributed by atoms with E-state index in [2.05, 4.69) is 12.2 Å². The molecule has 0 spiro atoms. The van der Waals surface area contributed by atoms with E-state index in [0.29, 0.717) is 31.7 Å². The molecule has 1 amide bonds. The van der Waals surface area contributed by atoms with Crippen molar-refractivity contribution in [2.75, 3.05) is 25.6 Å². The molecular formula is C24H26N2O4. The second-order valence-corrected chi connectivity index (χ2v) is 7.22. The summed E-state index contributed by atoms with van der Waals surface area (Å²) < 4.78 is 16.3. The third-order valence-corrected chi connectivity index (χ3v) is 5.50. The van der Waals surface area contributed by atoms with E-state index in [9.17, 15) is 4.79 Å². The molecule has 1 atom stereocenters. The number of para-hydroxylation sites is 1. The Kier molecular flexibility index (Phi) is 5.77. The molecule has 0 saturated heterocycles. The topological polar surface area (TPSA) is 63.9 Å². The predicted molar refractivity (Wildman–Crippen MR) is 114 cm³/mol. The highest BCUT2D eigenvalue weighted by Crippen LogP contribution is 2.41. The average Bonchev–Trinajstić information content (AvgIpc) is 3.30. The van der Waals surface area contributed by atoms with Gasteiger partial charge in [-0.2, -0.15) is 0 Å². The molecule has 2 aromatic carbocycles. The molecule has 1 unspecified atom stereocenters. The summed E-state index contributed by atoms with van der Waals surface area (Å²) in [5.74, 6) is 1.48. The van der Waals surface area contributed by atoms with E-state index in [1.165, 1.54) is 0 Å². The van der Waals surface area contributed by atoms with Crippen molar-refractivity contribution in [2.24, 2.45) is 0 Å². The Morgan fingerprint density at radius 2 is 1.83 bits per heavy atom. The van der Waals surface area contributed by atoms with E-state index in [1.807, 2.05) is 65.6 Å². The first-order chi connectivity index (χ1) is 14.7. The van der Waals surface area contributed by atoms with Crippen LogP contribution in [0, 0.1) is 0 Å². The van der Waals surface area contributed by atoms with Crippen molar-refractivity contribution in [1.29, 1.82) is 0 Å². The van der Waals surface area contributed by atoms with Gasteiger partial charge in [0, 0.05) is 12.8 Å². The van der Waals surface area contributed by atoms with E-state index in [4.69, 9.17) is 13.9 Å². The maximum absolute atomic E-state index is 13.5. The Hall–Kier alpha value is -3.25. The molecular weight excluding hydrogens is 380 g/mol. The summed E-state index contributed by atoms with van der Waals surface area (Å²) in [7, 11) is 1.65. The lowest BCUT2D eigenvalue weighted by Gasteiger charge is -2.48. The van der Waals surface area contributed by atoms with E-state index in [-0.39, 0.29) is 5.91 Å². The number of carbonyl (C=O) groups is 1. The highest BCUT2D eigenvalue weighted by molar-refractivity contribution is 6.02. The van der Waals surface area contributed by atoms with Crippen LogP contribution in [-0.4, -0.2) is 31.1 Å². The van der Waals surface area contributed by atoms with Crippen LogP contribution in [0.5, 0.6) is 5.75 Å². The summed E-state index contributed by atoms with van der Waals surface area (Å²) in [4.78, 5) is 15.4. The molecule has 6 nitrogen and oxygen atoms in total. The highest BCUT2D eigenvalue weighted by atomic mass is 16.5. The predicted octanol–water partition coefficient (Wildman–Crippen LogP) is 4.64. The molecule has 1 N–H and O–H groups in total. The van der Waals surface area contributed by atoms with Crippen LogP contribution >= 0.6 is 0 Å². The first kappa shape index (κ1) is 20.0. The van der Waals surface area contributed by atoms with Crippen molar-refractivity contribution in [3.8, 4) is 5.75 Å². The van der Waals surface area contributed by atoms with Crippen LogP contribution in [0.25, 0.3) is 0 Å². The maximum Gasteiger partial charge on any atom is 0.258 e. The number of rotatable bonds is 8. The fraction of sp³-hybridized carbons (Fsp3) is 0.292. The lowest BCUT2D eigenvalue weighted by molar-refractivity contribution is 0.0430. The highest BCUT2D eigenvalue weighted by Gasteiger charge is 2.45. The minimum atomic E-state index is -0.705. The van der Waals surface area contributed by atoms with Gasteiger partial charge in [-0.25, -0.2) is 0 Å². The SMILES string of the molecule is CCC1(c2ccc(OCCOC)cc2)Nc2ccccc2C(=O)N1Cc1ccco1. The number of anilines is 1. The molecule has 3 aromatic rings. The van der Waals surface area contributed by atoms with E-state index in [0.717, 1.165) is 22.8 Å². The van der Waals surface area contributed by atoms with Gasteiger partial charge >= 0.3 is 0 Å². The van der Waals surface area contributed by atoms with Crippen molar-refractivity contribution >= 4 is 11.6 Å². The zero-order valence-corrected chi connectivity index (χ0v) is 17.3. The summed E-state index contributed by atoms with van der Waals surface area (Å²) in [5.41, 5.74) is 1.77. The van der Waals surface area contributed by atoms with Crippen molar-refractivity contribution < 1.29 is 18.7 Å². The number of methoxy groups -OCH3 is 1. The normalized spacial score (nSPS) is 18.1. The van der Waals surface area contributed by atoms with Crippen LogP contribution in [0.1, 0.15) is 35.0 Å². The molecule has 2 heterocycles. The monoisotopic (exact) mass is 406 g/mol. The standard InChI is InChI=1S/C24H26N2O4/c1-3-24(18-10-12-19(13-11-18)30-16-15-28-2)25-22-9-5-4-8-21(22)23(27)26(24)17-20-7-6-14-29-20/h4-14,25H,3,15-17H2,1-2H3. The smallest absolute Gasteiger partial charge is 0.258 e. The number of hydrogen-bond donors (Lipinski definition) is 1. The van der Waals surface area contributed by atoms with Crippen molar-refractivity contribution in [1.82, 2.24) is 4.90 Å². The summed E-state index contributed by atoms with van der Waals surface area (Å²) in [6.45, 7) is 3.47. The van der Waals surface area contributed by atoms with Gasteiger partial charge in [-0.1, -0.05) is 31.2 Å². The number of nitrogens with zero attached hydrogens (tertiary/aromatic N) is 1. The molecule has 1 aliphatic rings. The number of hydrogen-bond acceptors (Lipinski definition) is 5. The van der Waals surface area contributed by atoms with Gasteiger partial charge in [-0.3, -0.25) is 4.79 Å². The summed E-state index contributed by atoms with van der Waals surface area (Å²) >= 11 is 0. The lowest BCUT2D eigenvalue weighted by Crippen LogP contribution is -2.56. The van der Waals surface area contributed by atoms with Gasteiger partial charge in [0.2, 0.25) is 0 Å². The molecule has 0 aliphatic carbocycles. The Morgan fingerprint density at radius 1 is 1.03 bits per heavy atom. The second-order valence-electron chi connectivity index (χ2n) is 7.22. The zero-order chi connectivity index (χ0) is 21.0. The number of carbonyl (C=O) groups excluding carboxylic acids is 1. The first-order valence-electron chi connectivity index (χ1n) is 10.1. The molecule has 6 heteroatoms. The molecule has 4 rings (SSSR count). The molecule has 156 valence electrons. The molecule has 1 aromatic heterocycles. The number of fused-ring (bicyclic) bond motifs is 1. The Balaban J connectivity index is 1.73. The van der Waals surface area contributed by atoms with Gasteiger partial charge in [0.1, 0.15) is 23.8 Å². The van der Waals surface area contributed by atoms with Crippen LogP contribution in [-0.2, 0) is 16.9 Å². The quantitative estimate of drug-likeness (QED) is 0.553. The van der Waals surface area contributed by atoms with Crippen LogP contribution in [0.4, 0.5) is 5.69 Å². The Labute approximate surface area is 176 Å². The third-order valence-electron chi connectivity index (χ3n) is 5.50. The van der Waals surface area contributed by atoms with Crippen molar-refractivity contribution in [2.45, 2.75) is 25.6 Å². The maximum atomic E-state index is 13.5. The van der Waals surface area contributed by atoms with Crippen molar-refractivity contribution in [3.05, 3.63) is 83.8 Å². The number of amides is 1. The number of ether oxygens (including phenoxy) is 2. The lowest BCUT2D eigenvalue weighted by atomic mass is 9.89. The Morgan fingerprint density at radius 3 is 2.53 bits per heavy atom. The molecule has 0 radical (unpaired) electrons. The molecule has 1 aliphatic heterocycles. The van der Waals surface area contributed by atoms with Crippen LogP contribution in [0.2, 0.25) is 0 Å². The number of nitrogens with one attached hydrogen (secondary N) is 1. The zero-order valence-electron chi connectivity index (χ0n) is 17.3. The van der Waals surface area contributed by atoms with E-state index < -0.39 is 5.66 Å². The summed E-state index contributed by atoms with van der Waals surface area (Å²) in [6.07, 6.45) is 2.31. The van der Waals surface area contributed by atoms with Crippen LogP contribution in [0.3, 0.4) is 0 Å². The van der Waals surface area contributed by atoms with Gasteiger partial charge in [0.25, 0.3) is 5.91 Å². The van der Waals surface area contributed by atoms with Crippen LogP contribution in [0.15, 0.2) is 71.3 Å². The fourth-order valence-electron chi connectivity index (χ4n) is 3.93.